The molecule has 0 amide bonds. The van der Waals surface area contributed by atoms with E-state index < -0.39 is 0 Å². The van der Waals surface area contributed by atoms with Gasteiger partial charge in [-0.25, -0.2) is 0 Å². The topological polar surface area (TPSA) is 33.3 Å². The van der Waals surface area contributed by atoms with Gasteiger partial charge in [0.05, 0.1) is 0 Å². The highest BCUT2D eigenvalue weighted by atomic mass is 79.9. The minimum absolute atomic E-state index is 0.618. The maximum absolute atomic E-state index is 6.17. The van der Waals surface area contributed by atoms with E-state index in [1.54, 1.807) is 0 Å². The average molecular weight is 470 g/mol. The van der Waals surface area contributed by atoms with Gasteiger partial charge in [0.25, 0.3) is 0 Å². The number of ether oxygens (including phenoxy) is 1. The SMILES string of the molecule is Clc1ccc(/C=C/c2cc(Cl)ccc2OCCNCC2CCNC2)c(Br)c1. The largest absolute Gasteiger partial charge is 0.492 e. The molecule has 1 unspecified atom stereocenters. The molecule has 27 heavy (non-hydrogen) atoms. The Bertz CT molecular complexity index is 792. The maximum atomic E-state index is 6.17. The Hall–Kier alpha value is -1.04. The molecule has 2 aromatic rings. The van der Waals surface area contributed by atoms with Crippen LogP contribution in [0.3, 0.4) is 0 Å². The number of hydrogen-bond donors (Lipinski definition) is 2. The third-order valence-electron chi connectivity index (χ3n) is 4.51. The first-order valence-corrected chi connectivity index (χ1v) is 10.6. The Morgan fingerprint density at radius 1 is 1.11 bits per heavy atom. The quantitative estimate of drug-likeness (QED) is 0.395. The molecular formula is C21H23BrCl2N2O. The molecule has 0 saturated carbocycles. The third kappa shape index (κ3) is 6.51. The maximum Gasteiger partial charge on any atom is 0.126 e. The molecule has 3 rings (SSSR count). The van der Waals surface area contributed by atoms with E-state index in [1.165, 1.54) is 6.42 Å². The molecule has 1 atom stereocenters. The zero-order valence-electron chi connectivity index (χ0n) is 15.0. The minimum Gasteiger partial charge on any atom is -0.492 e. The lowest BCUT2D eigenvalue weighted by atomic mass is 10.1. The first-order valence-electron chi connectivity index (χ1n) is 9.09. The fraction of sp³-hybridized carbons (Fsp3) is 0.333. The van der Waals surface area contributed by atoms with Crippen LogP contribution in [-0.4, -0.2) is 32.8 Å². The van der Waals surface area contributed by atoms with Crippen molar-refractivity contribution in [1.29, 1.82) is 0 Å². The van der Waals surface area contributed by atoms with E-state index in [2.05, 4.69) is 26.6 Å². The first kappa shape index (κ1) is 20.7. The average Bonchev–Trinajstić information content (AvgIpc) is 3.15. The number of halogens is 3. The number of nitrogens with one attached hydrogen (secondary N) is 2. The number of hydrogen-bond acceptors (Lipinski definition) is 3. The molecule has 1 aliphatic heterocycles. The number of rotatable bonds is 8. The van der Waals surface area contributed by atoms with Crippen LogP contribution in [0.15, 0.2) is 40.9 Å². The molecule has 2 N–H and O–H groups in total. The van der Waals surface area contributed by atoms with Gasteiger partial charge in [0.2, 0.25) is 0 Å². The second-order valence-corrected chi connectivity index (χ2v) is 8.32. The summed E-state index contributed by atoms with van der Waals surface area (Å²) in [5, 5.41) is 8.24. The van der Waals surface area contributed by atoms with Gasteiger partial charge in [0.15, 0.2) is 0 Å². The number of benzene rings is 2. The summed E-state index contributed by atoms with van der Waals surface area (Å²) in [5.74, 6) is 1.56. The Labute approximate surface area is 179 Å². The highest BCUT2D eigenvalue weighted by Gasteiger charge is 2.13. The van der Waals surface area contributed by atoms with Gasteiger partial charge in [0, 0.05) is 26.6 Å². The molecular weight excluding hydrogens is 447 g/mol. The van der Waals surface area contributed by atoms with Gasteiger partial charge in [0.1, 0.15) is 12.4 Å². The van der Waals surface area contributed by atoms with Crippen molar-refractivity contribution in [3.63, 3.8) is 0 Å². The molecule has 6 heteroatoms. The fourth-order valence-corrected chi connectivity index (χ4v) is 4.02. The van der Waals surface area contributed by atoms with Crippen molar-refractivity contribution in [2.24, 2.45) is 5.92 Å². The summed E-state index contributed by atoms with van der Waals surface area (Å²) >= 11 is 15.7. The van der Waals surface area contributed by atoms with Gasteiger partial charge in [-0.3, -0.25) is 0 Å². The van der Waals surface area contributed by atoms with Crippen molar-refractivity contribution in [3.05, 3.63) is 62.0 Å². The van der Waals surface area contributed by atoms with Crippen LogP contribution in [0.1, 0.15) is 17.5 Å². The third-order valence-corrected chi connectivity index (χ3v) is 5.67. The minimum atomic E-state index is 0.618. The van der Waals surface area contributed by atoms with Crippen molar-refractivity contribution < 1.29 is 4.74 Å². The molecule has 1 heterocycles. The van der Waals surface area contributed by atoms with Crippen LogP contribution < -0.4 is 15.4 Å². The molecule has 3 nitrogen and oxygen atoms in total. The monoisotopic (exact) mass is 468 g/mol. The molecule has 144 valence electrons. The van der Waals surface area contributed by atoms with Crippen molar-refractivity contribution >= 4 is 51.3 Å². The molecule has 0 spiro atoms. The second-order valence-electron chi connectivity index (χ2n) is 6.59. The van der Waals surface area contributed by atoms with Gasteiger partial charge in [-0.15, -0.1) is 0 Å². The molecule has 0 bridgehead atoms. The molecule has 1 saturated heterocycles. The Balaban J connectivity index is 1.58. The van der Waals surface area contributed by atoms with Crippen LogP contribution in [0, 0.1) is 5.92 Å². The zero-order chi connectivity index (χ0) is 19.1. The van der Waals surface area contributed by atoms with E-state index in [9.17, 15) is 0 Å². The molecule has 0 radical (unpaired) electrons. The molecule has 0 aromatic heterocycles. The molecule has 1 fully saturated rings. The van der Waals surface area contributed by atoms with Crippen LogP contribution in [0.25, 0.3) is 12.2 Å². The van der Waals surface area contributed by atoms with E-state index in [1.807, 2.05) is 48.6 Å². The Morgan fingerprint density at radius 2 is 1.89 bits per heavy atom. The van der Waals surface area contributed by atoms with Crippen LogP contribution in [-0.2, 0) is 0 Å². The van der Waals surface area contributed by atoms with E-state index >= 15 is 0 Å². The van der Waals surface area contributed by atoms with Gasteiger partial charge in [-0.2, -0.15) is 0 Å². The second kappa shape index (κ2) is 10.5. The predicted octanol–water partition coefficient (Wildman–Crippen LogP) is 5.50. The first-order chi connectivity index (χ1) is 13.1. The van der Waals surface area contributed by atoms with E-state index in [-0.39, 0.29) is 0 Å². The smallest absolute Gasteiger partial charge is 0.126 e. The van der Waals surface area contributed by atoms with E-state index in [4.69, 9.17) is 27.9 Å². The van der Waals surface area contributed by atoms with Crippen molar-refractivity contribution in [2.75, 3.05) is 32.8 Å². The normalized spacial score (nSPS) is 16.9. The van der Waals surface area contributed by atoms with Crippen molar-refractivity contribution in [1.82, 2.24) is 10.6 Å². The van der Waals surface area contributed by atoms with Crippen molar-refractivity contribution in [2.45, 2.75) is 6.42 Å². The fourth-order valence-electron chi connectivity index (χ4n) is 3.03. The molecule has 1 aliphatic rings. The Kier molecular flexibility index (Phi) is 8.04. The van der Waals surface area contributed by atoms with Gasteiger partial charge in [-0.05, 0) is 67.9 Å². The highest BCUT2D eigenvalue weighted by molar-refractivity contribution is 9.10. The van der Waals surface area contributed by atoms with Crippen LogP contribution in [0.2, 0.25) is 10.0 Å². The van der Waals surface area contributed by atoms with E-state index in [0.717, 1.165) is 53.4 Å². The van der Waals surface area contributed by atoms with Gasteiger partial charge >= 0.3 is 0 Å². The summed E-state index contributed by atoms with van der Waals surface area (Å²) in [6, 6.07) is 11.4. The molecule has 2 aromatic carbocycles. The highest BCUT2D eigenvalue weighted by Crippen LogP contribution is 2.27. The Morgan fingerprint density at radius 3 is 2.67 bits per heavy atom. The summed E-state index contributed by atoms with van der Waals surface area (Å²) in [6.07, 6.45) is 5.28. The lowest BCUT2D eigenvalue weighted by Gasteiger charge is -2.12. The summed E-state index contributed by atoms with van der Waals surface area (Å²) in [5.41, 5.74) is 1.99. The van der Waals surface area contributed by atoms with Crippen LogP contribution >= 0.6 is 39.1 Å². The van der Waals surface area contributed by atoms with Crippen LogP contribution in [0.4, 0.5) is 0 Å². The standard InChI is InChI=1S/C21H23BrCl2N2O/c22-20-12-19(24)4-3-16(20)1-2-17-11-18(23)5-6-21(17)27-10-9-26-14-15-7-8-25-13-15/h1-6,11-12,15,25-26H,7-10,13-14H2/b2-1+. The lowest BCUT2D eigenvalue weighted by Crippen LogP contribution is -2.28. The summed E-state index contributed by atoms with van der Waals surface area (Å²) in [4.78, 5) is 0. The summed E-state index contributed by atoms with van der Waals surface area (Å²) in [6.45, 7) is 4.72. The van der Waals surface area contributed by atoms with Gasteiger partial charge < -0.3 is 15.4 Å². The zero-order valence-corrected chi connectivity index (χ0v) is 18.1. The predicted molar refractivity (Wildman–Crippen MR) is 119 cm³/mol. The van der Waals surface area contributed by atoms with Crippen molar-refractivity contribution in [3.8, 4) is 5.75 Å². The van der Waals surface area contributed by atoms with Gasteiger partial charge in [-0.1, -0.05) is 57.4 Å². The van der Waals surface area contributed by atoms with Crippen LogP contribution in [0.5, 0.6) is 5.75 Å². The van der Waals surface area contributed by atoms with E-state index in [0.29, 0.717) is 16.7 Å². The summed E-state index contributed by atoms with van der Waals surface area (Å²) < 4.78 is 6.92. The summed E-state index contributed by atoms with van der Waals surface area (Å²) in [7, 11) is 0. The lowest BCUT2D eigenvalue weighted by molar-refractivity contribution is 0.309. The molecule has 0 aliphatic carbocycles.